The molecule has 7 aromatic carbocycles. The number of fused-ring (bicyclic) bond motifs is 9. The summed E-state index contributed by atoms with van der Waals surface area (Å²) in [6.45, 7) is 5.92. The molecule has 0 fully saturated rings. The van der Waals surface area contributed by atoms with Gasteiger partial charge in [0.25, 0.3) is 0 Å². The molecule has 0 amide bonds. The molecule has 0 atom stereocenters. The zero-order valence-corrected chi connectivity index (χ0v) is 30.1. The summed E-state index contributed by atoms with van der Waals surface area (Å²) in [6.07, 6.45) is 5.66. The van der Waals surface area contributed by atoms with Crippen LogP contribution in [0.3, 0.4) is 0 Å². The molecule has 0 unspecified atom stereocenters. The predicted octanol–water partition coefficient (Wildman–Crippen LogP) is 13.1. The lowest BCUT2D eigenvalue weighted by Crippen LogP contribution is -1.94. The van der Waals surface area contributed by atoms with E-state index in [9.17, 15) is 0 Å². The normalized spacial score (nSPS) is 12.1. The second-order valence-electron chi connectivity index (χ2n) is 14.1. The largest absolute Gasteiger partial charge is 0.456 e. The average molecular weight is 707 g/mol. The second kappa shape index (κ2) is 12.1. The molecule has 0 bridgehead atoms. The smallest absolute Gasteiger partial charge is 0.220 e. The van der Waals surface area contributed by atoms with Crippen molar-refractivity contribution in [3.63, 3.8) is 0 Å². The Morgan fingerprint density at radius 2 is 1.22 bits per heavy atom. The van der Waals surface area contributed by atoms with Gasteiger partial charge in [-0.15, -0.1) is 0 Å². The lowest BCUT2D eigenvalue weighted by atomic mass is 10.0. The van der Waals surface area contributed by atoms with Gasteiger partial charge in [0.2, 0.25) is 5.78 Å². The van der Waals surface area contributed by atoms with Crippen molar-refractivity contribution in [1.82, 2.24) is 18.5 Å². The number of hydrogen-bond acceptors (Lipinski definition) is 2. The second-order valence-corrected chi connectivity index (χ2v) is 14.1. The fraction of sp³-hybridized carbons (Fsp3) is 0.0200. The molecule has 0 radical (unpaired) electrons. The third kappa shape index (κ3) is 4.70. The fourth-order valence-corrected chi connectivity index (χ4v) is 8.44. The van der Waals surface area contributed by atoms with Crippen LogP contribution in [0.4, 0.5) is 0 Å². The molecule has 5 heteroatoms. The first-order chi connectivity index (χ1) is 27.2. The third-order valence-electron chi connectivity index (χ3n) is 11.0. The first-order valence-corrected chi connectivity index (χ1v) is 18.6. The van der Waals surface area contributed by atoms with Crippen LogP contribution in [0.25, 0.3) is 100 Å². The first kappa shape index (κ1) is 31.2. The van der Waals surface area contributed by atoms with Crippen LogP contribution in [0.1, 0.15) is 11.3 Å². The maximum Gasteiger partial charge on any atom is 0.220 e. The van der Waals surface area contributed by atoms with Crippen molar-refractivity contribution in [2.75, 3.05) is 0 Å². The number of para-hydroxylation sites is 5. The Bertz CT molecular complexity index is 3330. The SMILES string of the molecule is C=C/C=C\c1oc2c(-c3ccc(-n4c5ccccc5c5cc(-c6ccc7nc8n(-c9ccccc9)c9ccccc9n8c7c6)ccc54)cc3)cccc2c1C. The van der Waals surface area contributed by atoms with Gasteiger partial charge in [-0.2, -0.15) is 0 Å². The average Bonchev–Trinajstić information content (AvgIpc) is 3.97. The van der Waals surface area contributed by atoms with E-state index >= 15 is 0 Å². The number of allylic oxidation sites excluding steroid dienone is 2. The molecular weight excluding hydrogens is 673 g/mol. The van der Waals surface area contributed by atoms with Gasteiger partial charge in [0.15, 0.2) is 0 Å². The Balaban J connectivity index is 1.03. The van der Waals surface area contributed by atoms with Gasteiger partial charge in [0, 0.05) is 38.7 Å². The van der Waals surface area contributed by atoms with Gasteiger partial charge in [0.05, 0.1) is 33.1 Å². The van der Waals surface area contributed by atoms with E-state index in [4.69, 9.17) is 9.40 Å². The van der Waals surface area contributed by atoms with E-state index in [1.807, 2.05) is 12.2 Å². The molecule has 4 aromatic heterocycles. The van der Waals surface area contributed by atoms with Gasteiger partial charge in [-0.1, -0.05) is 110 Å². The summed E-state index contributed by atoms with van der Waals surface area (Å²) in [5.74, 6) is 1.77. The van der Waals surface area contributed by atoms with Crippen LogP contribution in [-0.2, 0) is 0 Å². The zero-order chi connectivity index (χ0) is 36.6. The van der Waals surface area contributed by atoms with Gasteiger partial charge in [-0.25, -0.2) is 4.98 Å². The first-order valence-electron chi connectivity index (χ1n) is 18.6. The van der Waals surface area contributed by atoms with Crippen LogP contribution < -0.4 is 0 Å². The van der Waals surface area contributed by atoms with E-state index in [-0.39, 0.29) is 0 Å². The number of benzene rings is 7. The molecule has 11 aromatic rings. The lowest BCUT2D eigenvalue weighted by molar-refractivity contribution is 0.602. The number of nitrogens with zero attached hydrogens (tertiary/aromatic N) is 4. The van der Waals surface area contributed by atoms with Crippen molar-refractivity contribution in [2.45, 2.75) is 6.92 Å². The van der Waals surface area contributed by atoms with E-state index < -0.39 is 0 Å². The highest BCUT2D eigenvalue weighted by atomic mass is 16.3. The zero-order valence-electron chi connectivity index (χ0n) is 30.1. The van der Waals surface area contributed by atoms with Crippen molar-refractivity contribution < 1.29 is 4.42 Å². The summed E-state index contributed by atoms with van der Waals surface area (Å²) < 4.78 is 13.3. The lowest BCUT2D eigenvalue weighted by Gasteiger charge is -2.10. The molecule has 0 spiro atoms. The highest BCUT2D eigenvalue weighted by Gasteiger charge is 2.19. The molecule has 0 aliphatic heterocycles. The van der Waals surface area contributed by atoms with Gasteiger partial charge in [-0.05, 0) is 96.4 Å². The molecule has 11 rings (SSSR count). The highest BCUT2D eigenvalue weighted by Crippen LogP contribution is 2.39. The minimum atomic E-state index is 0.859. The van der Waals surface area contributed by atoms with Crippen LogP contribution in [0, 0.1) is 6.92 Å². The van der Waals surface area contributed by atoms with Crippen molar-refractivity contribution >= 4 is 66.7 Å². The maximum absolute atomic E-state index is 6.38. The van der Waals surface area contributed by atoms with Gasteiger partial charge >= 0.3 is 0 Å². The van der Waals surface area contributed by atoms with E-state index in [1.165, 1.54) is 27.4 Å². The van der Waals surface area contributed by atoms with Crippen molar-refractivity contribution in [3.05, 3.63) is 188 Å². The maximum atomic E-state index is 6.38. The van der Waals surface area contributed by atoms with Crippen molar-refractivity contribution in [2.24, 2.45) is 0 Å². The summed E-state index contributed by atoms with van der Waals surface area (Å²) in [5, 5.41) is 3.56. The molecule has 0 aliphatic rings. The number of furan rings is 1. The minimum absolute atomic E-state index is 0.859. The minimum Gasteiger partial charge on any atom is -0.456 e. The highest BCUT2D eigenvalue weighted by molar-refractivity contribution is 6.10. The summed E-state index contributed by atoms with van der Waals surface area (Å²) in [4.78, 5) is 5.16. The molecule has 0 aliphatic carbocycles. The van der Waals surface area contributed by atoms with Gasteiger partial charge in [0.1, 0.15) is 11.3 Å². The van der Waals surface area contributed by atoms with Gasteiger partial charge in [-0.3, -0.25) is 8.97 Å². The summed E-state index contributed by atoms with van der Waals surface area (Å²) in [5.41, 5.74) is 15.4. The standard InChI is InChI=1S/C50H34N4O/c1-3-4-21-48-32(2)38-16-12-17-39(49(38)55-48)33-22-26-37(27-23-33)52-43-18-9-8-15-40(43)41-30-34(25-29-44(41)52)35-24-28-42-47(31-35)54-46-20-11-10-19-45(46)53(50(54)51-42)36-13-6-5-7-14-36/h3-31H,1H2,2H3/b21-4-. The molecule has 0 saturated carbocycles. The van der Waals surface area contributed by atoms with Crippen molar-refractivity contribution in [3.8, 4) is 33.6 Å². The third-order valence-corrected chi connectivity index (χ3v) is 11.0. The Hall–Kier alpha value is -7.37. The van der Waals surface area contributed by atoms with Crippen LogP contribution in [0.2, 0.25) is 0 Å². The van der Waals surface area contributed by atoms with Crippen LogP contribution >= 0.6 is 0 Å². The fourth-order valence-electron chi connectivity index (χ4n) is 8.44. The number of hydrogen-bond donors (Lipinski definition) is 0. The number of aromatic nitrogens is 4. The quantitative estimate of drug-likeness (QED) is 0.162. The molecule has 5 nitrogen and oxygen atoms in total. The van der Waals surface area contributed by atoms with E-state index in [0.717, 1.165) is 78.2 Å². The molecule has 0 saturated heterocycles. The topological polar surface area (TPSA) is 40.3 Å². The summed E-state index contributed by atoms with van der Waals surface area (Å²) in [7, 11) is 0. The molecule has 260 valence electrons. The Labute approximate surface area is 316 Å². The summed E-state index contributed by atoms with van der Waals surface area (Å²) >= 11 is 0. The van der Waals surface area contributed by atoms with Gasteiger partial charge < -0.3 is 8.98 Å². The van der Waals surface area contributed by atoms with Crippen molar-refractivity contribution in [1.29, 1.82) is 0 Å². The van der Waals surface area contributed by atoms with E-state index in [0.29, 0.717) is 0 Å². The monoisotopic (exact) mass is 706 g/mol. The Kier molecular flexibility index (Phi) is 6.85. The van der Waals surface area contributed by atoms with Crippen LogP contribution in [0.15, 0.2) is 181 Å². The Morgan fingerprint density at radius 3 is 2.05 bits per heavy atom. The van der Waals surface area contributed by atoms with Crippen LogP contribution in [0.5, 0.6) is 0 Å². The number of imidazole rings is 2. The van der Waals surface area contributed by atoms with E-state index in [1.54, 1.807) is 6.08 Å². The predicted molar refractivity (Wildman–Crippen MR) is 228 cm³/mol. The van der Waals surface area contributed by atoms with E-state index in [2.05, 4.69) is 185 Å². The molecule has 55 heavy (non-hydrogen) atoms. The molecular formula is C50H34N4O. The molecule has 0 N–H and O–H groups in total. The van der Waals surface area contributed by atoms with Crippen LogP contribution in [-0.4, -0.2) is 18.5 Å². The number of aryl methyl sites for hydroxylation is 1. The number of rotatable bonds is 6. The Morgan fingerprint density at radius 1 is 0.545 bits per heavy atom. The molecule has 4 heterocycles. The summed E-state index contributed by atoms with van der Waals surface area (Å²) in [6, 6.07) is 56.4.